The Labute approximate surface area is 163 Å². The third-order valence-corrected chi connectivity index (χ3v) is 5.99. The van der Waals surface area contributed by atoms with E-state index in [0.717, 1.165) is 38.0 Å². The highest BCUT2D eigenvalue weighted by Crippen LogP contribution is 2.38. The third kappa shape index (κ3) is 4.58. The van der Waals surface area contributed by atoms with Gasteiger partial charge in [0.1, 0.15) is 0 Å². The van der Waals surface area contributed by atoms with Gasteiger partial charge in [0.2, 0.25) is 0 Å². The van der Waals surface area contributed by atoms with Crippen molar-refractivity contribution in [3.05, 3.63) is 11.4 Å². The fraction of sp³-hybridized carbons (Fsp3) is 0.842. The molecule has 6 nitrogen and oxygen atoms in total. The number of nitrogens with zero attached hydrogens (tertiary/aromatic N) is 3. The highest BCUT2D eigenvalue weighted by atomic mass is 35.5. The van der Waals surface area contributed by atoms with Gasteiger partial charge in [-0.1, -0.05) is 38.8 Å². The first-order chi connectivity index (χ1) is 11.9. The summed E-state index contributed by atoms with van der Waals surface area (Å²) >= 11 is 0. The van der Waals surface area contributed by atoms with Crippen molar-refractivity contribution in [1.82, 2.24) is 25.6 Å². The molecule has 3 rings (SSSR count). The lowest BCUT2D eigenvalue weighted by Gasteiger charge is -2.40. The van der Waals surface area contributed by atoms with Crippen molar-refractivity contribution in [3.8, 4) is 0 Å². The number of amides is 1. The average molecular weight is 384 g/mol. The topological polar surface area (TPSA) is 71.8 Å². The van der Waals surface area contributed by atoms with Crippen LogP contribution in [0.25, 0.3) is 0 Å². The predicted molar refractivity (Wildman–Crippen MR) is 106 cm³/mol. The van der Waals surface area contributed by atoms with Gasteiger partial charge in [-0.05, 0) is 57.0 Å². The van der Waals surface area contributed by atoms with Crippen LogP contribution in [0.15, 0.2) is 0 Å². The van der Waals surface area contributed by atoms with Crippen LogP contribution >= 0.6 is 12.4 Å². The van der Waals surface area contributed by atoms with Gasteiger partial charge in [0.15, 0.2) is 5.69 Å². The first kappa shape index (κ1) is 21.2. The molecule has 2 N–H and O–H groups in total. The maximum Gasteiger partial charge on any atom is 0.273 e. The fourth-order valence-electron chi connectivity index (χ4n) is 4.53. The summed E-state index contributed by atoms with van der Waals surface area (Å²) in [6.07, 6.45) is 6.79. The molecule has 2 aliphatic rings. The van der Waals surface area contributed by atoms with Crippen LogP contribution in [0, 0.1) is 18.3 Å². The Morgan fingerprint density at radius 1 is 1.15 bits per heavy atom. The van der Waals surface area contributed by atoms with Crippen LogP contribution in [0.2, 0.25) is 0 Å². The maximum atomic E-state index is 12.9. The van der Waals surface area contributed by atoms with Crippen molar-refractivity contribution >= 4 is 18.3 Å². The van der Waals surface area contributed by atoms with Gasteiger partial charge in [-0.15, -0.1) is 17.5 Å². The highest BCUT2D eigenvalue weighted by Gasteiger charge is 2.35. The fourth-order valence-corrected chi connectivity index (χ4v) is 4.53. The minimum atomic E-state index is -0.0566. The van der Waals surface area contributed by atoms with Gasteiger partial charge in [0, 0.05) is 6.04 Å². The molecule has 1 saturated carbocycles. The molecular weight excluding hydrogens is 350 g/mol. The zero-order valence-electron chi connectivity index (χ0n) is 16.5. The van der Waals surface area contributed by atoms with Crippen LogP contribution < -0.4 is 10.6 Å². The van der Waals surface area contributed by atoms with E-state index in [4.69, 9.17) is 0 Å². The Morgan fingerprint density at radius 3 is 2.46 bits per heavy atom. The minimum Gasteiger partial charge on any atom is -0.348 e. The number of hydrogen-bond donors (Lipinski definition) is 2. The SMILES string of the molecule is Cc1c(C(=O)NC2CCCCC2C(C)(C)C)nnn1C1CCNCC1.Cl. The van der Waals surface area contributed by atoms with E-state index >= 15 is 0 Å². The second kappa shape index (κ2) is 8.70. The zero-order valence-corrected chi connectivity index (χ0v) is 17.4. The van der Waals surface area contributed by atoms with E-state index < -0.39 is 0 Å². The molecule has 0 spiro atoms. The van der Waals surface area contributed by atoms with Crippen LogP contribution in [0.1, 0.15) is 81.5 Å². The van der Waals surface area contributed by atoms with E-state index in [2.05, 4.69) is 41.7 Å². The summed E-state index contributed by atoms with van der Waals surface area (Å²) in [4.78, 5) is 12.9. The first-order valence-electron chi connectivity index (χ1n) is 9.81. The summed E-state index contributed by atoms with van der Waals surface area (Å²) in [5.74, 6) is 0.462. The highest BCUT2D eigenvalue weighted by molar-refractivity contribution is 5.93. The number of carbonyl (C=O) groups is 1. The van der Waals surface area contributed by atoms with E-state index in [0.29, 0.717) is 17.7 Å². The third-order valence-electron chi connectivity index (χ3n) is 5.99. The van der Waals surface area contributed by atoms with Gasteiger partial charge in [-0.25, -0.2) is 4.68 Å². The summed E-state index contributed by atoms with van der Waals surface area (Å²) in [6, 6.07) is 0.594. The number of aromatic nitrogens is 3. The van der Waals surface area contributed by atoms with Gasteiger partial charge in [-0.3, -0.25) is 4.79 Å². The van der Waals surface area contributed by atoms with Crippen LogP contribution in [0.4, 0.5) is 0 Å². The van der Waals surface area contributed by atoms with Crippen molar-refractivity contribution in [3.63, 3.8) is 0 Å². The van der Waals surface area contributed by atoms with Crippen LogP contribution in [-0.2, 0) is 0 Å². The summed E-state index contributed by atoms with van der Waals surface area (Å²) in [5.41, 5.74) is 1.60. The number of rotatable bonds is 3. The van der Waals surface area contributed by atoms with Gasteiger partial charge in [0.25, 0.3) is 5.91 Å². The molecule has 2 unspecified atom stereocenters. The number of hydrogen-bond acceptors (Lipinski definition) is 4. The van der Waals surface area contributed by atoms with E-state index in [-0.39, 0.29) is 29.8 Å². The molecule has 1 amide bonds. The van der Waals surface area contributed by atoms with Crippen molar-refractivity contribution in [2.45, 2.75) is 78.3 Å². The normalized spacial score (nSPS) is 24.8. The van der Waals surface area contributed by atoms with Crippen LogP contribution in [0.3, 0.4) is 0 Å². The Balaban J connectivity index is 0.00000243. The van der Waals surface area contributed by atoms with Crippen LogP contribution in [0.5, 0.6) is 0 Å². The Bertz CT molecular complexity index is 604. The monoisotopic (exact) mass is 383 g/mol. The first-order valence-corrected chi connectivity index (χ1v) is 9.81. The molecule has 26 heavy (non-hydrogen) atoms. The lowest BCUT2D eigenvalue weighted by molar-refractivity contribution is 0.0824. The Hall–Kier alpha value is -1.14. The second-order valence-electron chi connectivity index (χ2n) is 8.79. The molecule has 2 atom stereocenters. The summed E-state index contributed by atoms with van der Waals surface area (Å²) < 4.78 is 1.96. The summed E-state index contributed by atoms with van der Waals surface area (Å²) in [6.45, 7) is 10.8. The van der Waals surface area contributed by atoms with E-state index in [1.54, 1.807) is 0 Å². The van der Waals surface area contributed by atoms with Gasteiger partial charge < -0.3 is 10.6 Å². The lowest BCUT2D eigenvalue weighted by atomic mass is 9.69. The zero-order chi connectivity index (χ0) is 18.0. The number of piperidine rings is 1. The van der Waals surface area contributed by atoms with Crippen molar-refractivity contribution in [2.24, 2.45) is 11.3 Å². The lowest BCUT2D eigenvalue weighted by Crippen LogP contribution is -2.46. The Morgan fingerprint density at radius 2 is 1.81 bits per heavy atom. The van der Waals surface area contributed by atoms with Gasteiger partial charge in [0.05, 0.1) is 11.7 Å². The quantitative estimate of drug-likeness (QED) is 0.840. The molecule has 1 aromatic rings. The largest absolute Gasteiger partial charge is 0.348 e. The number of carbonyl (C=O) groups excluding carboxylic acids is 1. The number of nitrogens with one attached hydrogen (secondary N) is 2. The van der Waals surface area contributed by atoms with E-state index in [9.17, 15) is 4.79 Å². The van der Waals surface area contributed by atoms with Crippen molar-refractivity contribution in [1.29, 1.82) is 0 Å². The van der Waals surface area contributed by atoms with Gasteiger partial charge in [-0.2, -0.15) is 0 Å². The average Bonchev–Trinajstić information content (AvgIpc) is 2.97. The maximum absolute atomic E-state index is 12.9. The summed E-state index contributed by atoms with van der Waals surface area (Å²) in [7, 11) is 0. The minimum absolute atomic E-state index is 0. The molecule has 2 fully saturated rings. The molecule has 1 aromatic heterocycles. The predicted octanol–water partition coefficient (Wildman–Crippen LogP) is 3.27. The molecule has 2 heterocycles. The van der Waals surface area contributed by atoms with Crippen molar-refractivity contribution < 1.29 is 4.79 Å². The molecule has 1 saturated heterocycles. The molecular formula is C19H34ClN5O. The smallest absolute Gasteiger partial charge is 0.273 e. The molecule has 1 aliphatic carbocycles. The van der Waals surface area contributed by atoms with Crippen LogP contribution in [-0.4, -0.2) is 40.0 Å². The molecule has 0 bridgehead atoms. The van der Waals surface area contributed by atoms with E-state index in [1.165, 1.54) is 19.3 Å². The number of halogens is 1. The van der Waals surface area contributed by atoms with E-state index in [1.807, 2.05) is 11.6 Å². The van der Waals surface area contributed by atoms with Crippen molar-refractivity contribution in [2.75, 3.05) is 13.1 Å². The molecule has 148 valence electrons. The molecule has 7 heteroatoms. The molecule has 0 radical (unpaired) electrons. The Kier molecular flexibility index (Phi) is 7.08. The molecule has 0 aromatic carbocycles. The summed E-state index contributed by atoms with van der Waals surface area (Å²) in [5, 5.41) is 15.2. The molecule has 1 aliphatic heterocycles. The second-order valence-corrected chi connectivity index (χ2v) is 8.79. The standard InChI is InChI=1S/C19H33N5O.ClH/c1-13-17(22-23-24(13)14-9-11-20-12-10-14)18(25)21-16-8-6-5-7-15(16)19(2,3)4;/h14-16,20H,5-12H2,1-4H3,(H,21,25);1H. The van der Waals surface area contributed by atoms with Gasteiger partial charge >= 0.3 is 0 Å².